The number of fused-ring (bicyclic) bond motifs is 2. The minimum absolute atomic E-state index is 0.684. The van der Waals surface area contributed by atoms with E-state index in [0.29, 0.717) is 78.5 Å². The lowest BCUT2D eigenvalue weighted by molar-refractivity contribution is 0.218. The molecule has 0 aromatic carbocycles. The molecule has 0 radical (unpaired) electrons. The Morgan fingerprint density at radius 1 is 0.212 bits per heavy atom. The van der Waals surface area contributed by atoms with Gasteiger partial charge in [-0.3, -0.25) is 49.5 Å². The van der Waals surface area contributed by atoms with Gasteiger partial charge in [-0.15, -0.1) is 0 Å². The van der Waals surface area contributed by atoms with Crippen molar-refractivity contribution < 1.29 is 0 Å². The molecule has 10 rings (SSSR count). The molecule has 6 aromatic rings. The predicted octanol–water partition coefficient (Wildman–Crippen LogP) is 5.81. The van der Waals surface area contributed by atoms with Gasteiger partial charge in [0, 0.05) is 78.5 Å². The van der Waals surface area contributed by atoms with Crippen molar-refractivity contribution in [1.29, 1.82) is 0 Å². The lowest BCUT2D eigenvalue weighted by Crippen LogP contribution is -2.29. The molecule has 0 spiro atoms. The number of hydrogen-bond acceptors (Lipinski definition) is 10. The van der Waals surface area contributed by atoms with Crippen LogP contribution in [0.15, 0.2) is 109 Å². The third-order valence-electron chi connectivity index (χ3n) is 9.81. The molecule has 52 heavy (non-hydrogen) atoms. The quantitative estimate of drug-likeness (QED) is 0.195. The minimum atomic E-state index is 0.684. The van der Waals surface area contributed by atoms with E-state index in [-0.39, 0.29) is 0 Å². The molecule has 0 saturated heterocycles. The van der Waals surface area contributed by atoms with Crippen LogP contribution in [0, 0.1) is 0 Å². The van der Waals surface area contributed by atoms with Gasteiger partial charge < -0.3 is 0 Å². The Morgan fingerprint density at radius 2 is 0.327 bits per heavy atom. The third-order valence-corrected chi connectivity index (χ3v) is 9.81. The van der Waals surface area contributed by atoms with Gasteiger partial charge in [-0.2, -0.15) is 0 Å². The van der Waals surface area contributed by atoms with Crippen LogP contribution in [0.25, 0.3) is 0 Å². The maximum atomic E-state index is 5.23. The molecule has 260 valence electrons. The Morgan fingerprint density at radius 3 is 0.442 bits per heavy atom. The summed E-state index contributed by atoms with van der Waals surface area (Å²) in [6.07, 6.45) is 0. The first kappa shape index (κ1) is 32.6. The Bertz CT molecular complexity index is 1800. The van der Waals surface area contributed by atoms with Crippen LogP contribution in [0.3, 0.4) is 0 Å². The van der Waals surface area contributed by atoms with Gasteiger partial charge in [0.25, 0.3) is 0 Å². The fourth-order valence-electron chi connectivity index (χ4n) is 7.65. The van der Waals surface area contributed by atoms with Gasteiger partial charge in [-0.25, -0.2) is 0 Å². The molecule has 6 aromatic heterocycles. The number of pyridine rings is 6. The van der Waals surface area contributed by atoms with E-state index in [2.05, 4.69) is 129 Å². The fraction of sp³-hybridized carbons (Fsp3) is 0.286. The molecule has 0 atom stereocenters. The first-order valence-electron chi connectivity index (χ1n) is 18.2. The van der Waals surface area contributed by atoms with Gasteiger partial charge in [-0.1, -0.05) is 36.4 Å². The second-order valence-electron chi connectivity index (χ2n) is 14.3. The van der Waals surface area contributed by atoms with Crippen molar-refractivity contribution in [2.45, 2.75) is 78.5 Å². The lowest BCUT2D eigenvalue weighted by atomic mass is 10.2. The highest BCUT2D eigenvalue weighted by Gasteiger charge is 2.20. The molecule has 10 nitrogen and oxygen atoms in total. The zero-order valence-corrected chi connectivity index (χ0v) is 29.3. The summed E-state index contributed by atoms with van der Waals surface area (Å²) in [6, 6.07) is 38.4. The van der Waals surface area contributed by atoms with Gasteiger partial charge in [0.05, 0.1) is 68.3 Å². The van der Waals surface area contributed by atoms with Crippen LogP contribution in [0.5, 0.6) is 0 Å². The molecule has 10 heterocycles. The zero-order valence-electron chi connectivity index (χ0n) is 29.3. The highest BCUT2D eigenvalue weighted by atomic mass is 15.2. The van der Waals surface area contributed by atoms with Crippen molar-refractivity contribution in [1.82, 2.24) is 49.5 Å². The average Bonchev–Trinajstić information content (AvgIpc) is 3.11. The summed E-state index contributed by atoms with van der Waals surface area (Å²) in [5, 5.41) is 0. The molecule has 4 aliphatic rings. The van der Waals surface area contributed by atoms with Crippen LogP contribution in [-0.2, 0) is 78.5 Å². The molecule has 0 aliphatic carbocycles. The zero-order chi connectivity index (χ0) is 34.7. The first-order valence-corrected chi connectivity index (χ1v) is 18.2. The Balaban J connectivity index is 1.15. The molecule has 0 saturated carbocycles. The lowest BCUT2D eigenvalue weighted by Gasteiger charge is -2.27. The van der Waals surface area contributed by atoms with Crippen molar-refractivity contribution >= 4 is 0 Å². The largest absolute Gasteiger partial charge is 0.286 e. The molecule has 10 heteroatoms. The summed E-state index contributed by atoms with van der Waals surface area (Å²) < 4.78 is 0. The molecule has 0 unspecified atom stereocenters. The van der Waals surface area contributed by atoms with E-state index in [0.717, 1.165) is 68.3 Å². The highest BCUT2D eigenvalue weighted by Crippen LogP contribution is 2.21. The van der Waals surface area contributed by atoms with Crippen LogP contribution in [0.1, 0.15) is 68.3 Å². The molecule has 0 fully saturated rings. The number of rotatable bonds is 0. The standard InChI is InChI=1S/C42H42N10/c1-7-31-19-49-21-33-9-2-10-34(44-33)22-50(20-32(8-1)43-31)28-40-16-6-18-42(48-40)30-52-24-36-12-3-11-35(45-36)23-51(25-37-13-4-14-38(26-52)46-37)29-41-17-5-15-39(27-49)47-41/h1-18H,19-30H2. The number of aromatic nitrogens is 6. The van der Waals surface area contributed by atoms with E-state index in [9.17, 15) is 0 Å². The summed E-state index contributed by atoms with van der Waals surface area (Å²) in [4.78, 5) is 40.8. The minimum Gasteiger partial charge on any atom is -0.286 e. The average molecular weight is 687 g/mol. The Kier molecular flexibility index (Phi) is 9.27. The molecule has 4 aliphatic heterocycles. The van der Waals surface area contributed by atoms with Crippen LogP contribution >= 0.6 is 0 Å². The molecular weight excluding hydrogens is 645 g/mol. The van der Waals surface area contributed by atoms with E-state index in [1.165, 1.54) is 0 Å². The van der Waals surface area contributed by atoms with E-state index in [1.807, 2.05) is 0 Å². The van der Waals surface area contributed by atoms with Crippen LogP contribution in [0.4, 0.5) is 0 Å². The normalized spacial score (nSPS) is 21.7. The summed E-state index contributed by atoms with van der Waals surface area (Å²) in [5.74, 6) is 0. The Hall–Kier alpha value is -5.26. The summed E-state index contributed by atoms with van der Waals surface area (Å²) in [6.45, 7) is 8.31. The van der Waals surface area contributed by atoms with Crippen LogP contribution in [-0.4, -0.2) is 49.5 Å². The van der Waals surface area contributed by atoms with Gasteiger partial charge in [0.1, 0.15) is 0 Å². The van der Waals surface area contributed by atoms with Crippen molar-refractivity contribution in [3.63, 3.8) is 0 Å². The molecule has 16 bridgehead atoms. The first-order chi connectivity index (χ1) is 25.6. The van der Waals surface area contributed by atoms with Crippen LogP contribution < -0.4 is 0 Å². The number of nitrogens with zero attached hydrogens (tertiary/aromatic N) is 10. The fourth-order valence-corrected chi connectivity index (χ4v) is 7.65. The molecule has 0 amide bonds. The van der Waals surface area contributed by atoms with Crippen molar-refractivity contribution in [3.8, 4) is 0 Å². The van der Waals surface area contributed by atoms with Gasteiger partial charge in [0.15, 0.2) is 0 Å². The molecule has 0 N–H and O–H groups in total. The maximum Gasteiger partial charge on any atom is 0.0548 e. The van der Waals surface area contributed by atoms with E-state index < -0.39 is 0 Å². The van der Waals surface area contributed by atoms with Gasteiger partial charge in [0.2, 0.25) is 0 Å². The Labute approximate surface area is 304 Å². The van der Waals surface area contributed by atoms with Crippen molar-refractivity contribution in [3.05, 3.63) is 178 Å². The van der Waals surface area contributed by atoms with Gasteiger partial charge >= 0.3 is 0 Å². The van der Waals surface area contributed by atoms with Crippen molar-refractivity contribution in [2.75, 3.05) is 0 Å². The summed E-state index contributed by atoms with van der Waals surface area (Å²) >= 11 is 0. The highest BCUT2D eigenvalue weighted by molar-refractivity contribution is 5.20. The third kappa shape index (κ3) is 8.11. The second-order valence-corrected chi connectivity index (χ2v) is 14.3. The predicted molar refractivity (Wildman–Crippen MR) is 197 cm³/mol. The van der Waals surface area contributed by atoms with Crippen molar-refractivity contribution in [2.24, 2.45) is 0 Å². The number of hydrogen-bond donors (Lipinski definition) is 0. The van der Waals surface area contributed by atoms with E-state index >= 15 is 0 Å². The summed E-state index contributed by atoms with van der Waals surface area (Å²) in [5.41, 5.74) is 12.5. The van der Waals surface area contributed by atoms with E-state index in [1.54, 1.807) is 0 Å². The smallest absolute Gasteiger partial charge is 0.0548 e. The van der Waals surface area contributed by atoms with Gasteiger partial charge in [-0.05, 0) is 72.8 Å². The molecular formula is C42H42N10. The monoisotopic (exact) mass is 686 g/mol. The maximum absolute atomic E-state index is 5.23. The SMILES string of the molecule is c1cc2nc(c1)CN1Cc3cccc(n3)CN(C2)Cc2cccc(n2)CN2Cc3cccc(n3)CN(Cc3cccc(n3)C2)Cc2cccc(n2)C1. The van der Waals surface area contributed by atoms with Crippen LogP contribution in [0.2, 0.25) is 0 Å². The summed E-state index contributed by atoms with van der Waals surface area (Å²) in [7, 11) is 0. The van der Waals surface area contributed by atoms with E-state index in [4.69, 9.17) is 29.9 Å². The second kappa shape index (κ2) is 14.8. The topological polar surface area (TPSA) is 90.3 Å².